The van der Waals surface area contributed by atoms with Crippen LogP contribution in [0.4, 0.5) is 0 Å². The number of nitrogens with two attached hydrogens (primary N) is 2. The summed E-state index contributed by atoms with van der Waals surface area (Å²) in [7, 11) is 0. The predicted octanol–water partition coefficient (Wildman–Crippen LogP) is 1.05. The van der Waals surface area contributed by atoms with Gasteiger partial charge in [-0.15, -0.1) is 0 Å². The Morgan fingerprint density at radius 2 is 1.89 bits per heavy atom. The molecule has 0 unspecified atom stereocenters. The van der Waals surface area contributed by atoms with E-state index in [1.54, 1.807) is 0 Å². The molecule has 0 amide bonds. The Labute approximate surface area is 59.5 Å². The van der Waals surface area contributed by atoms with E-state index >= 15 is 0 Å². The van der Waals surface area contributed by atoms with Gasteiger partial charge in [-0.3, -0.25) is 0 Å². The quantitative estimate of drug-likeness (QED) is 0.570. The summed E-state index contributed by atoms with van der Waals surface area (Å²) in [5.41, 5.74) is 11.3. The summed E-state index contributed by atoms with van der Waals surface area (Å²) in [6, 6.07) is 0. The maximum Gasteiger partial charge on any atom is 0.0730 e. The monoisotopic (exact) mass is 144 g/mol. The first-order valence-electron chi connectivity index (χ1n) is 2.32. The molecule has 0 aliphatic heterocycles. The molecule has 0 aromatic heterocycles. The third-order valence-electron chi connectivity index (χ3n) is 0.823. The maximum atomic E-state index is 5.40. The first kappa shape index (κ1) is 8.11. The molecule has 9 heavy (non-hydrogen) atoms. The Morgan fingerprint density at radius 1 is 1.44 bits per heavy atom. The summed E-state index contributed by atoms with van der Waals surface area (Å²) >= 11 is 5.40. The SMILES string of the molecule is C=C/C(N)=C(/N)C(=C)Cl. The molecule has 0 aliphatic rings. The largest absolute Gasteiger partial charge is 0.397 e. The molecule has 0 aromatic rings. The second-order valence-corrected chi connectivity index (χ2v) is 1.93. The highest BCUT2D eigenvalue weighted by molar-refractivity contribution is 6.31. The molecule has 0 saturated carbocycles. The fourth-order valence-electron chi connectivity index (χ4n) is 0.267. The highest BCUT2D eigenvalue weighted by atomic mass is 35.5. The number of hydrogen-bond donors (Lipinski definition) is 2. The highest BCUT2D eigenvalue weighted by Gasteiger charge is 1.95. The van der Waals surface area contributed by atoms with E-state index in [9.17, 15) is 0 Å². The zero-order chi connectivity index (χ0) is 7.44. The zero-order valence-corrected chi connectivity index (χ0v) is 5.78. The lowest BCUT2D eigenvalue weighted by Gasteiger charge is -1.98. The fraction of sp³-hybridized carbons (Fsp3) is 0. The van der Waals surface area contributed by atoms with Gasteiger partial charge in [0.15, 0.2) is 0 Å². The summed E-state index contributed by atoms with van der Waals surface area (Å²) in [6.45, 7) is 6.78. The normalized spacial score (nSPS) is 12.1. The van der Waals surface area contributed by atoms with Crippen LogP contribution in [0.3, 0.4) is 0 Å². The van der Waals surface area contributed by atoms with E-state index in [0.717, 1.165) is 0 Å². The molecular formula is C6H9ClN2. The second kappa shape index (κ2) is 3.20. The summed E-state index contributed by atoms with van der Waals surface area (Å²) < 4.78 is 0. The van der Waals surface area contributed by atoms with Crippen LogP contribution >= 0.6 is 11.6 Å². The zero-order valence-electron chi connectivity index (χ0n) is 5.02. The van der Waals surface area contributed by atoms with Gasteiger partial charge in [-0.2, -0.15) is 0 Å². The van der Waals surface area contributed by atoms with Crippen LogP contribution in [-0.2, 0) is 0 Å². The molecule has 3 heteroatoms. The van der Waals surface area contributed by atoms with Crippen LogP contribution in [0.5, 0.6) is 0 Å². The topological polar surface area (TPSA) is 52.0 Å². The summed E-state index contributed by atoms with van der Waals surface area (Å²) in [6.07, 6.45) is 1.42. The van der Waals surface area contributed by atoms with Crippen molar-refractivity contribution in [3.8, 4) is 0 Å². The van der Waals surface area contributed by atoms with Gasteiger partial charge < -0.3 is 11.5 Å². The lowest BCUT2D eigenvalue weighted by Crippen LogP contribution is -2.07. The minimum absolute atomic E-state index is 0.243. The van der Waals surface area contributed by atoms with Crippen molar-refractivity contribution in [2.45, 2.75) is 0 Å². The maximum absolute atomic E-state index is 5.40. The van der Waals surface area contributed by atoms with Gasteiger partial charge in [0.1, 0.15) is 0 Å². The van der Waals surface area contributed by atoms with E-state index in [1.165, 1.54) is 6.08 Å². The lowest BCUT2D eigenvalue weighted by molar-refractivity contribution is 1.27. The first-order chi connectivity index (χ1) is 4.09. The molecule has 0 radical (unpaired) electrons. The third-order valence-corrected chi connectivity index (χ3v) is 1.03. The van der Waals surface area contributed by atoms with E-state index in [0.29, 0.717) is 5.70 Å². The Bertz CT molecular complexity index is 170. The van der Waals surface area contributed by atoms with Crippen molar-refractivity contribution in [2.24, 2.45) is 11.5 Å². The van der Waals surface area contributed by atoms with Crippen molar-refractivity contribution in [1.82, 2.24) is 0 Å². The summed E-state index contributed by atoms with van der Waals surface area (Å²) in [5.74, 6) is 0. The average molecular weight is 145 g/mol. The smallest absolute Gasteiger partial charge is 0.0730 e. The van der Waals surface area contributed by atoms with E-state index in [4.69, 9.17) is 23.1 Å². The van der Waals surface area contributed by atoms with Crippen molar-refractivity contribution >= 4 is 11.6 Å². The molecule has 4 N–H and O–H groups in total. The molecule has 0 bridgehead atoms. The van der Waals surface area contributed by atoms with E-state index in [2.05, 4.69) is 13.2 Å². The van der Waals surface area contributed by atoms with Gasteiger partial charge in [0, 0.05) is 0 Å². The lowest BCUT2D eigenvalue weighted by atomic mass is 10.3. The third kappa shape index (κ3) is 2.24. The van der Waals surface area contributed by atoms with Gasteiger partial charge in [-0.05, 0) is 6.08 Å². The van der Waals surface area contributed by atoms with Gasteiger partial charge in [-0.25, -0.2) is 0 Å². The molecule has 0 rings (SSSR count). The second-order valence-electron chi connectivity index (χ2n) is 1.48. The molecule has 0 heterocycles. The van der Waals surface area contributed by atoms with Crippen molar-refractivity contribution in [2.75, 3.05) is 0 Å². The Kier molecular flexibility index (Phi) is 2.88. The van der Waals surface area contributed by atoms with Crippen molar-refractivity contribution in [3.63, 3.8) is 0 Å². The van der Waals surface area contributed by atoms with Crippen LogP contribution in [0.25, 0.3) is 0 Å². The summed E-state index contributed by atoms with van der Waals surface area (Å²) in [5, 5.41) is 0.243. The van der Waals surface area contributed by atoms with Crippen molar-refractivity contribution in [3.05, 3.63) is 35.7 Å². The van der Waals surface area contributed by atoms with Gasteiger partial charge in [-0.1, -0.05) is 24.8 Å². The molecule has 0 spiro atoms. The standard InChI is InChI=1S/C6H9ClN2/c1-3-5(8)6(9)4(2)7/h3H,1-2,8-9H2/b6-5-. The molecule has 0 saturated heterocycles. The highest BCUT2D eigenvalue weighted by Crippen LogP contribution is 2.07. The minimum atomic E-state index is 0.243. The number of halogens is 1. The minimum Gasteiger partial charge on any atom is -0.397 e. The predicted molar refractivity (Wildman–Crippen MR) is 40.6 cm³/mol. The number of rotatable bonds is 2. The van der Waals surface area contributed by atoms with Crippen LogP contribution in [0.2, 0.25) is 0 Å². The van der Waals surface area contributed by atoms with Crippen LogP contribution in [0.1, 0.15) is 0 Å². The van der Waals surface area contributed by atoms with Gasteiger partial charge in [0.05, 0.1) is 16.4 Å². The number of allylic oxidation sites excluding steroid dienone is 2. The van der Waals surface area contributed by atoms with Crippen molar-refractivity contribution in [1.29, 1.82) is 0 Å². The first-order valence-corrected chi connectivity index (χ1v) is 2.69. The van der Waals surface area contributed by atoms with Crippen LogP contribution in [0, 0.1) is 0 Å². The van der Waals surface area contributed by atoms with Crippen molar-refractivity contribution < 1.29 is 0 Å². The molecule has 0 aliphatic carbocycles. The van der Waals surface area contributed by atoms with Gasteiger partial charge in [0.2, 0.25) is 0 Å². The Hall–Kier alpha value is -0.890. The Morgan fingerprint density at radius 3 is 2.00 bits per heavy atom. The van der Waals surface area contributed by atoms with E-state index in [-0.39, 0.29) is 10.7 Å². The van der Waals surface area contributed by atoms with Gasteiger partial charge >= 0.3 is 0 Å². The molecule has 50 valence electrons. The molecule has 0 atom stereocenters. The van der Waals surface area contributed by atoms with E-state index < -0.39 is 0 Å². The molecular weight excluding hydrogens is 136 g/mol. The average Bonchev–Trinajstić information content (AvgIpc) is 1.84. The molecule has 2 nitrogen and oxygen atoms in total. The number of hydrogen-bond acceptors (Lipinski definition) is 2. The van der Waals surface area contributed by atoms with Gasteiger partial charge in [0.25, 0.3) is 0 Å². The molecule has 0 fully saturated rings. The van der Waals surface area contributed by atoms with Crippen LogP contribution in [-0.4, -0.2) is 0 Å². The summed E-state index contributed by atoms with van der Waals surface area (Å²) in [4.78, 5) is 0. The van der Waals surface area contributed by atoms with E-state index in [1.807, 2.05) is 0 Å². The van der Waals surface area contributed by atoms with Crippen LogP contribution < -0.4 is 11.5 Å². The molecule has 0 aromatic carbocycles. The Balaban J connectivity index is 4.47. The fourth-order valence-corrected chi connectivity index (χ4v) is 0.376. The van der Waals surface area contributed by atoms with Crippen LogP contribution in [0.15, 0.2) is 35.7 Å².